The second-order valence-corrected chi connectivity index (χ2v) is 8.59. The second-order valence-electron chi connectivity index (χ2n) is 6.57. The topological polar surface area (TPSA) is 126 Å². The molecule has 0 aliphatic heterocycles. The predicted molar refractivity (Wildman–Crippen MR) is 90.8 cm³/mol. The molecule has 0 saturated heterocycles. The summed E-state index contributed by atoms with van der Waals surface area (Å²) >= 11 is 0. The van der Waals surface area contributed by atoms with Crippen molar-refractivity contribution >= 4 is 15.8 Å². The van der Waals surface area contributed by atoms with Crippen LogP contribution in [0.15, 0.2) is 29.2 Å². The third-order valence-electron chi connectivity index (χ3n) is 4.03. The lowest BCUT2D eigenvalue weighted by atomic mass is 9.81. The van der Waals surface area contributed by atoms with Crippen molar-refractivity contribution in [1.29, 1.82) is 0 Å². The van der Waals surface area contributed by atoms with E-state index < -0.39 is 27.6 Å². The van der Waals surface area contributed by atoms with Gasteiger partial charge in [-0.3, -0.25) is 4.79 Å². The molecule has 8 nitrogen and oxygen atoms in total. The first-order valence-electron chi connectivity index (χ1n) is 7.93. The van der Waals surface area contributed by atoms with Crippen LogP contribution in [-0.2, 0) is 21.1 Å². The molecular formula is C16H22N4O4S. The van der Waals surface area contributed by atoms with E-state index in [0.717, 1.165) is 11.8 Å². The van der Waals surface area contributed by atoms with Gasteiger partial charge in [-0.25, -0.2) is 8.42 Å². The van der Waals surface area contributed by atoms with Gasteiger partial charge >= 0.3 is 5.97 Å². The van der Waals surface area contributed by atoms with Gasteiger partial charge in [0.15, 0.2) is 15.7 Å². The Hall–Kier alpha value is -2.29. The lowest BCUT2D eigenvalue weighted by Gasteiger charge is -2.23. The number of hydrogen-bond donors (Lipinski definition) is 2. The smallest absolute Gasteiger partial charge is 0.307 e. The number of nitrogens with zero attached hydrogens (tertiary/aromatic N) is 3. The van der Waals surface area contributed by atoms with E-state index in [4.69, 9.17) is 0 Å². The SMILES string of the molecule is CC(C)C[C@H](C(=O)O)[C@H](Cc1ccc(S(C)(=O)=O)cc1)c1nn[nH]n1. The number of rotatable bonds is 8. The highest BCUT2D eigenvalue weighted by molar-refractivity contribution is 7.90. The Morgan fingerprint density at radius 3 is 2.32 bits per heavy atom. The second kappa shape index (κ2) is 7.73. The van der Waals surface area contributed by atoms with Crippen molar-refractivity contribution in [3.63, 3.8) is 0 Å². The van der Waals surface area contributed by atoms with Crippen LogP contribution >= 0.6 is 0 Å². The Kier molecular flexibility index (Phi) is 5.89. The number of aromatic nitrogens is 4. The minimum absolute atomic E-state index is 0.197. The number of carboxylic acid groups (broad SMARTS) is 1. The van der Waals surface area contributed by atoms with E-state index in [1.54, 1.807) is 12.1 Å². The number of aliphatic carboxylic acids is 1. The Labute approximate surface area is 146 Å². The number of aromatic amines is 1. The number of nitrogens with one attached hydrogen (secondary N) is 1. The summed E-state index contributed by atoms with van der Waals surface area (Å²) in [6.45, 7) is 3.92. The summed E-state index contributed by atoms with van der Waals surface area (Å²) in [5, 5.41) is 23.5. The van der Waals surface area contributed by atoms with Gasteiger partial charge in [-0.1, -0.05) is 31.2 Å². The molecule has 0 amide bonds. The third-order valence-corrected chi connectivity index (χ3v) is 5.16. The lowest BCUT2D eigenvalue weighted by Crippen LogP contribution is -2.26. The Morgan fingerprint density at radius 1 is 1.24 bits per heavy atom. The average Bonchev–Trinajstić information content (AvgIpc) is 3.04. The first-order valence-corrected chi connectivity index (χ1v) is 9.82. The maximum absolute atomic E-state index is 11.8. The molecule has 2 atom stereocenters. The minimum atomic E-state index is -3.27. The highest BCUT2D eigenvalue weighted by atomic mass is 32.2. The van der Waals surface area contributed by atoms with E-state index in [9.17, 15) is 18.3 Å². The molecule has 0 fully saturated rings. The summed E-state index contributed by atoms with van der Waals surface area (Å²) in [5.74, 6) is -1.48. The molecule has 0 saturated carbocycles. The maximum atomic E-state index is 11.8. The molecule has 0 aliphatic carbocycles. The molecule has 0 radical (unpaired) electrons. The van der Waals surface area contributed by atoms with Gasteiger partial charge in [-0.05, 0) is 36.5 Å². The zero-order chi connectivity index (χ0) is 18.6. The van der Waals surface area contributed by atoms with Crippen LogP contribution in [0.3, 0.4) is 0 Å². The van der Waals surface area contributed by atoms with E-state index in [1.165, 1.54) is 12.1 Å². The first kappa shape index (κ1) is 19.0. The van der Waals surface area contributed by atoms with E-state index in [0.29, 0.717) is 18.7 Å². The molecule has 0 bridgehead atoms. The van der Waals surface area contributed by atoms with Gasteiger partial charge in [-0.15, -0.1) is 10.2 Å². The van der Waals surface area contributed by atoms with Gasteiger partial charge in [0, 0.05) is 12.2 Å². The van der Waals surface area contributed by atoms with Crippen molar-refractivity contribution in [2.75, 3.05) is 6.26 Å². The Morgan fingerprint density at radius 2 is 1.88 bits per heavy atom. The molecule has 9 heteroatoms. The molecule has 1 aromatic carbocycles. The van der Waals surface area contributed by atoms with Crippen molar-refractivity contribution < 1.29 is 18.3 Å². The van der Waals surface area contributed by atoms with Crippen LogP contribution in [0.2, 0.25) is 0 Å². The Bertz CT molecular complexity index is 801. The van der Waals surface area contributed by atoms with Crippen molar-refractivity contribution in [3.05, 3.63) is 35.7 Å². The summed E-state index contributed by atoms with van der Waals surface area (Å²) in [6, 6.07) is 6.43. The summed E-state index contributed by atoms with van der Waals surface area (Å²) in [4.78, 5) is 12.0. The number of benzene rings is 1. The summed E-state index contributed by atoms with van der Waals surface area (Å²) in [6.07, 6.45) is 2.01. The summed E-state index contributed by atoms with van der Waals surface area (Å²) in [5.41, 5.74) is 0.817. The Balaban J connectivity index is 2.32. The first-order chi connectivity index (χ1) is 11.7. The largest absolute Gasteiger partial charge is 0.481 e. The van der Waals surface area contributed by atoms with Crippen LogP contribution in [0.1, 0.15) is 37.6 Å². The molecule has 0 unspecified atom stereocenters. The fourth-order valence-corrected chi connectivity index (χ4v) is 3.44. The highest BCUT2D eigenvalue weighted by Crippen LogP contribution is 2.31. The summed E-state index contributed by atoms with van der Waals surface area (Å²) in [7, 11) is -3.27. The number of carboxylic acids is 1. The number of carbonyl (C=O) groups is 1. The normalized spacial score (nSPS) is 14.4. The minimum Gasteiger partial charge on any atom is -0.481 e. The van der Waals surface area contributed by atoms with Crippen LogP contribution in [0.25, 0.3) is 0 Å². The van der Waals surface area contributed by atoms with E-state index in [2.05, 4.69) is 20.6 Å². The van der Waals surface area contributed by atoms with Gasteiger partial charge in [0.25, 0.3) is 0 Å². The van der Waals surface area contributed by atoms with E-state index in [-0.39, 0.29) is 10.8 Å². The van der Waals surface area contributed by atoms with E-state index >= 15 is 0 Å². The van der Waals surface area contributed by atoms with Gasteiger partial charge in [0.2, 0.25) is 0 Å². The van der Waals surface area contributed by atoms with Crippen molar-refractivity contribution in [1.82, 2.24) is 20.6 Å². The van der Waals surface area contributed by atoms with Crippen LogP contribution in [0, 0.1) is 11.8 Å². The van der Waals surface area contributed by atoms with Crippen molar-refractivity contribution in [2.24, 2.45) is 11.8 Å². The third kappa shape index (κ3) is 5.09. The number of tetrazole rings is 1. The predicted octanol–water partition coefficient (Wildman–Crippen LogP) is 1.68. The highest BCUT2D eigenvalue weighted by Gasteiger charge is 2.33. The van der Waals surface area contributed by atoms with Crippen LogP contribution in [0.4, 0.5) is 0 Å². The molecule has 0 aliphatic rings. The monoisotopic (exact) mass is 366 g/mol. The quantitative estimate of drug-likeness (QED) is 0.728. The zero-order valence-corrected chi connectivity index (χ0v) is 15.2. The lowest BCUT2D eigenvalue weighted by molar-refractivity contribution is -0.143. The van der Waals surface area contributed by atoms with Crippen LogP contribution < -0.4 is 0 Å². The van der Waals surface area contributed by atoms with Crippen LogP contribution in [0.5, 0.6) is 0 Å². The van der Waals surface area contributed by atoms with Gasteiger partial charge in [0.1, 0.15) is 0 Å². The average molecular weight is 366 g/mol. The molecule has 0 spiro atoms. The molecule has 2 rings (SSSR count). The standard InChI is InChI=1S/C16H22N4O4S/c1-10(2)8-14(16(21)22)13(15-17-19-20-18-15)9-11-4-6-12(7-5-11)25(3,23)24/h4-7,10,13-14H,8-9H2,1-3H3,(H,21,22)(H,17,18,19,20)/t13-,14-/m0/s1. The molecule has 136 valence electrons. The molecule has 25 heavy (non-hydrogen) atoms. The molecule has 1 aromatic heterocycles. The van der Waals surface area contributed by atoms with Gasteiger partial charge in [-0.2, -0.15) is 5.21 Å². The molecule has 2 aromatic rings. The molecule has 2 N–H and O–H groups in total. The fourth-order valence-electron chi connectivity index (χ4n) is 2.81. The van der Waals surface area contributed by atoms with Crippen molar-refractivity contribution in [3.8, 4) is 0 Å². The molecular weight excluding hydrogens is 344 g/mol. The van der Waals surface area contributed by atoms with E-state index in [1.807, 2.05) is 13.8 Å². The summed E-state index contributed by atoms with van der Waals surface area (Å²) < 4.78 is 23.1. The van der Waals surface area contributed by atoms with Crippen molar-refractivity contribution in [2.45, 2.75) is 37.5 Å². The maximum Gasteiger partial charge on any atom is 0.307 e. The van der Waals surface area contributed by atoms with Gasteiger partial charge < -0.3 is 5.11 Å². The number of sulfone groups is 1. The van der Waals surface area contributed by atoms with Gasteiger partial charge in [0.05, 0.1) is 10.8 Å². The number of H-pyrrole nitrogens is 1. The fraction of sp³-hybridized carbons (Fsp3) is 0.500. The zero-order valence-electron chi connectivity index (χ0n) is 14.4. The van der Waals surface area contributed by atoms with Crippen LogP contribution in [-0.4, -0.2) is 46.4 Å². The number of hydrogen-bond acceptors (Lipinski definition) is 6. The molecule has 1 heterocycles.